The molecule has 8 unspecified atom stereocenters. The largest absolute Gasteiger partial charge is 0.504 e. The monoisotopic (exact) mass is 611 g/mol. The van der Waals surface area contributed by atoms with Crippen LogP contribution in [0.1, 0.15) is 75.5 Å². The number of H-pyrrole nitrogens is 1. The highest BCUT2D eigenvalue weighted by Crippen LogP contribution is 2.45. The molecule has 6 rings (SSSR count). The summed E-state index contributed by atoms with van der Waals surface area (Å²) in [5.74, 6) is 8.22. The molecule has 8 atom stereocenters. The number of phenolic OH excluding ortho intramolecular Hbond substituents is 1. The van der Waals surface area contributed by atoms with Crippen molar-refractivity contribution in [1.82, 2.24) is 10.3 Å². The van der Waals surface area contributed by atoms with Crippen molar-refractivity contribution >= 4 is 0 Å². The van der Waals surface area contributed by atoms with Crippen LogP contribution in [0.3, 0.4) is 0 Å². The molecule has 3 aliphatic carbocycles. The van der Waals surface area contributed by atoms with Crippen LogP contribution in [0.2, 0.25) is 0 Å². The van der Waals surface area contributed by atoms with E-state index in [2.05, 4.69) is 53.4 Å². The van der Waals surface area contributed by atoms with Gasteiger partial charge >= 0.3 is 0 Å². The molecule has 7 heteroatoms. The van der Waals surface area contributed by atoms with E-state index in [1.54, 1.807) is 6.07 Å². The van der Waals surface area contributed by atoms with Crippen LogP contribution < -0.4 is 15.8 Å². The fourth-order valence-corrected chi connectivity index (χ4v) is 8.04. The topological polar surface area (TPSA) is 124 Å². The third-order valence-electron chi connectivity index (χ3n) is 10.9. The Kier molecular flexibility index (Phi) is 9.63. The number of nitrogens with two attached hydrogens (primary N) is 1. The lowest BCUT2D eigenvalue weighted by molar-refractivity contribution is -0.0344. The molecule has 1 aromatic heterocycles. The first-order valence-electron chi connectivity index (χ1n) is 16.9. The third kappa shape index (κ3) is 7.13. The van der Waals surface area contributed by atoms with Crippen LogP contribution in [-0.2, 0) is 6.42 Å². The van der Waals surface area contributed by atoms with Gasteiger partial charge in [0.1, 0.15) is 0 Å². The lowest BCUT2D eigenvalue weighted by Crippen LogP contribution is -2.40. The van der Waals surface area contributed by atoms with Gasteiger partial charge in [-0.05, 0) is 105 Å². The van der Waals surface area contributed by atoms with Crippen molar-refractivity contribution in [2.45, 2.75) is 82.8 Å². The number of phenols is 1. The molecule has 1 aliphatic heterocycles. The summed E-state index contributed by atoms with van der Waals surface area (Å²) in [6.45, 7) is 3.36. The van der Waals surface area contributed by atoms with Gasteiger partial charge in [0.15, 0.2) is 11.5 Å². The Labute approximate surface area is 267 Å². The van der Waals surface area contributed by atoms with Gasteiger partial charge in [0.25, 0.3) is 0 Å². The van der Waals surface area contributed by atoms with Crippen LogP contribution in [0.15, 0.2) is 72.2 Å². The Morgan fingerprint density at radius 1 is 1.16 bits per heavy atom. The first kappa shape index (κ1) is 31.4. The SMILES string of the molecule is CCC12C#CC3C=CC(c4ccc(O)c(OCCC(Cc5ccc[nH]5)C5=CCNC(N)=C5)c4)CC(O)C3C(O)C(CCC1)CC2. The molecule has 0 saturated heterocycles. The minimum atomic E-state index is -0.693. The standard InChI is InChI=1S/C38H49N3O4/c1-2-38-15-3-5-26(12-17-38)37(44)36-25(11-16-38)7-8-27(22-33(36)43)28-9-10-32(42)34(23-28)45-20-14-30(21-31-6-4-18-40-31)29-13-19-41-35(39)24-29/h4,6-10,13,18,23-27,30,33,36-37,40-44H,2-3,5,12,14-15,17,19-22,39H2,1H3. The second-order valence-corrected chi connectivity index (χ2v) is 13.6. The Morgan fingerprint density at radius 3 is 2.84 bits per heavy atom. The Bertz CT molecular complexity index is 1470. The van der Waals surface area contributed by atoms with Crippen LogP contribution in [0, 0.1) is 40.9 Å². The average molecular weight is 612 g/mol. The van der Waals surface area contributed by atoms with Crippen LogP contribution in [-0.4, -0.2) is 45.7 Å². The van der Waals surface area contributed by atoms with Crippen molar-refractivity contribution in [1.29, 1.82) is 0 Å². The average Bonchev–Trinajstić information content (AvgIpc) is 3.40. The summed E-state index contributed by atoms with van der Waals surface area (Å²) in [6, 6.07) is 9.59. The molecule has 45 heavy (non-hydrogen) atoms. The minimum absolute atomic E-state index is 0.0187. The van der Waals surface area contributed by atoms with Gasteiger partial charge in [0.2, 0.25) is 0 Å². The van der Waals surface area contributed by atoms with E-state index in [0.29, 0.717) is 31.1 Å². The number of aliphatic hydroxyl groups is 2. The van der Waals surface area contributed by atoms with Crippen molar-refractivity contribution < 1.29 is 20.1 Å². The first-order chi connectivity index (χ1) is 21.8. The Hall–Kier alpha value is -3.60. The Balaban J connectivity index is 1.18. The van der Waals surface area contributed by atoms with Gasteiger partial charge in [-0.2, -0.15) is 0 Å². The molecule has 2 aromatic rings. The van der Waals surface area contributed by atoms with Gasteiger partial charge in [-0.3, -0.25) is 0 Å². The predicted molar refractivity (Wildman–Crippen MR) is 177 cm³/mol. The molecule has 0 amide bonds. The zero-order valence-corrected chi connectivity index (χ0v) is 26.4. The summed E-state index contributed by atoms with van der Waals surface area (Å²) >= 11 is 0. The van der Waals surface area contributed by atoms with Gasteiger partial charge < -0.3 is 36.1 Å². The highest BCUT2D eigenvalue weighted by molar-refractivity contribution is 5.44. The van der Waals surface area contributed by atoms with E-state index in [-0.39, 0.29) is 40.8 Å². The molecule has 2 heterocycles. The molecule has 4 aliphatic rings. The van der Waals surface area contributed by atoms with E-state index in [9.17, 15) is 15.3 Å². The van der Waals surface area contributed by atoms with Gasteiger partial charge in [-0.1, -0.05) is 49.5 Å². The number of aromatic hydroxyl groups is 1. The summed E-state index contributed by atoms with van der Waals surface area (Å²) in [7, 11) is 0. The highest BCUT2D eigenvalue weighted by Gasteiger charge is 2.42. The summed E-state index contributed by atoms with van der Waals surface area (Å²) in [6.07, 6.45) is 17.4. The number of aromatic nitrogens is 1. The molecule has 1 saturated carbocycles. The maximum absolute atomic E-state index is 11.6. The third-order valence-corrected chi connectivity index (χ3v) is 10.9. The van der Waals surface area contributed by atoms with E-state index < -0.39 is 12.2 Å². The predicted octanol–water partition coefficient (Wildman–Crippen LogP) is 5.67. The van der Waals surface area contributed by atoms with Crippen molar-refractivity contribution in [3.63, 3.8) is 0 Å². The van der Waals surface area contributed by atoms with Crippen molar-refractivity contribution in [2.75, 3.05) is 13.2 Å². The summed E-state index contributed by atoms with van der Waals surface area (Å²) < 4.78 is 6.22. The molecule has 7 nitrogen and oxygen atoms in total. The molecule has 7 N–H and O–H groups in total. The van der Waals surface area contributed by atoms with E-state index in [4.69, 9.17) is 10.5 Å². The molecular formula is C38H49N3O4. The summed E-state index contributed by atoms with van der Waals surface area (Å²) in [4.78, 5) is 3.31. The molecule has 0 radical (unpaired) electrons. The summed E-state index contributed by atoms with van der Waals surface area (Å²) in [5.41, 5.74) is 9.40. The van der Waals surface area contributed by atoms with E-state index in [1.165, 1.54) is 5.57 Å². The van der Waals surface area contributed by atoms with Crippen LogP contribution in [0.25, 0.3) is 0 Å². The zero-order valence-electron chi connectivity index (χ0n) is 26.4. The number of allylic oxidation sites excluding steroid dienone is 4. The van der Waals surface area contributed by atoms with Crippen molar-refractivity contribution in [3.05, 3.63) is 83.5 Å². The van der Waals surface area contributed by atoms with Crippen LogP contribution in [0.4, 0.5) is 0 Å². The number of aliphatic hydroxyl groups excluding tert-OH is 2. The summed E-state index contributed by atoms with van der Waals surface area (Å²) in [5, 5.41) is 37.1. The Morgan fingerprint density at radius 2 is 2.04 bits per heavy atom. The number of benzene rings is 1. The van der Waals surface area contributed by atoms with Crippen LogP contribution in [0.5, 0.6) is 11.5 Å². The maximum atomic E-state index is 11.6. The molecule has 2 bridgehead atoms. The van der Waals surface area contributed by atoms with E-state index >= 15 is 0 Å². The number of nitrogens with one attached hydrogen (secondary N) is 2. The van der Waals surface area contributed by atoms with Crippen molar-refractivity contribution in [3.8, 4) is 23.3 Å². The number of hydrogen-bond donors (Lipinski definition) is 6. The van der Waals surface area contributed by atoms with E-state index in [1.807, 2.05) is 30.5 Å². The zero-order chi connectivity index (χ0) is 31.4. The fraction of sp³-hybridized carbons (Fsp3) is 0.526. The minimum Gasteiger partial charge on any atom is -0.504 e. The number of aromatic amines is 1. The van der Waals surface area contributed by atoms with Gasteiger partial charge in [-0.25, -0.2) is 0 Å². The number of rotatable bonds is 9. The number of dihydropyridines is 1. The normalized spacial score (nSPS) is 31.7. The lowest BCUT2D eigenvalue weighted by atomic mass is 9.76. The molecule has 240 valence electrons. The van der Waals surface area contributed by atoms with Gasteiger partial charge in [0.05, 0.1) is 24.6 Å². The number of ether oxygens (including phenoxy) is 1. The van der Waals surface area contributed by atoms with E-state index in [0.717, 1.165) is 62.6 Å². The fourth-order valence-electron chi connectivity index (χ4n) is 8.04. The maximum Gasteiger partial charge on any atom is 0.161 e. The van der Waals surface area contributed by atoms with Gasteiger partial charge in [0, 0.05) is 41.6 Å². The number of fused-ring (bicyclic) bond motifs is 4. The second kappa shape index (κ2) is 13.8. The molecule has 1 fully saturated rings. The smallest absolute Gasteiger partial charge is 0.161 e. The highest BCUT2D eigenvalue weighted by atomic mass is 16.5. The first-order valence-corrected chi connectivity index (χ1v) is 16.9. The molecule has 0 spiro atoms. The van der Waals surface area contributed by atoms with Crippen molar-refractivity contribution in [2.24, 2.45) is 34.8 Å². The molecule has 1 aromatic carbocycles. The number of hydrogen-bond acceptors (Lipinski definition) is 6. The van der Waals surface area contributed by atoms with Gasteiger partial charge in [-0.15, -0.1) is 0 Å². The van der Waals surface area contributed by atoms with Crippen LogP contribution >= 0.6 is 0 Å². The second-order valence-electron chi connectivity index (χ2n) is 13.6. The molecular weight excluding hydrogens is 562 g/mol. The lowest BCUT2D eigenvalue weighted by Gasteiger charge is -2.34. The quantitative estimate of drug-likeness (QED) is 0.160.